The summed E-state index contributed by atoms with van der Waals surface area (Å²) >= 11 is 0. The molecule has 3 N–H and O–H groups in total. The molecule has 0 heterocycles. The number of carbonyl (C=O) groups is 3. The molecule has 0 fully saturated rings. The predicted molar refractivity (Wildman–Crippen MR) is 117 cm³/mol. The van der Waals surface area contributed by atoms with Gasteiger partial charge < -0.3 is 19.9 Å². The van der Waals surface area contributed by atoms with Crippen LogP contribution >= 0.6 is 0 Å². The van der Waals surface area contributed by atoms with Crippen molar-refractivity contribution in [3.05, 3.63) is 0 Å². The summed E-state index contributed by atoms with van der Waals surface area (Å²) in [6, 6.07) is -2.83. The second-order valence-corrected chi connectivity index (χ2v) is 11.8. The maximum absolute atomic E-state index is 12.3. The Bertz CT molecular complexity index is 765. The number of carboxylic acid groups (broad SMARTS) is 1. The Balaban J connectivity index is 4.86. The second kappa shape index (κ2) is 11.3. The zero-order valence-corrected chi connectivity index (χ0v) is 21.2. The summed E-state index contributed by atoms with van der Waals surface area (Å²) in [6.07, 6.45) is -0.652. The number of hydrogen-bond donors (Lipinski definition) is 3. The summed E-state index contributed by atoms with van der Waals surface area (Å²) in [5.41, 5.74) is -2.15. The normalized spacial score (nSPS) is 14.9. The smallest absolute Gasteiger partial charge is 0.408 e. The van der Waals surface area contributed by atoms with Crippen molar-refractivity contribution in [2.24, 2.45) is 10.8 Å². The molecule has 0 spiro atoms. The number of alkyl carbamates (subject to hydrolysis) is 1. The van der Waals surface area contributed by atoms with Gasteiger partial charge in [-0.2, -0.15) is 13.1 Å². The molecule has 0 bridgehead atoms. The van der Waals surface area contributed by atoms with Crippen LogP contribution in [-0.2, 0) is 33.6 Å². The lowest BCUT2D eigenvalue weighted by molar-refractivity contribution is -0.153. The number of nitrogens with one attached hydrogen (secondary N) is 2. The summed E-state index contributed by atoms with van der Waals surface area (Å²) in [4.78, 5) is 35.2. The van der Waals surface area contributed by atoms with E-state index in [4.69, 9.17) is 13.7 Å². The van der Waals surface area contributed by atoms with Crippen LogP contribution < -0.4 is 10.0 Å². The van der Waals surface area contributed by atoms with E-state index >= 15 is 0 Å². The Morgan fingerprint density at radius 1 is 1.00 bits per heavy atom. The molecule has 0 aromatic carbocycles. The van der Waals surface area contributed by atoms with Crippen LogP contribution in [0.1, 0.15) is 68.7 Å². The van der Waals surface area contributed by atoms with Crippen LogP contribution in [0.2, 0.25) is 0 Å². The highest BCUT2D eigenvalue weighted by Crippen LogP contribution is 2.23. The molecule has 0 aliphatic heterocycles. The first-order valence-corrected chi connectivity index (χ1v) is 11.6. The molecule has 0 radical (unpaired) electrons. The van der Waals surface area contributed by atoms with Gasteiger partial charge in [-0.1, -0.05) is 13.8 Å². The van der Waals surface area contributed by atoms with Gasteiger partial charge in [0.15, 0.2) is 0 Å². The van der Waals surface area contributed by atoms with Gasteiger partial charge in [0.05, 0.1) is 24.7 Å². The Labute approximate surface area is 190 Å². The minimum absolute atomic E-state index is 0.0945. The van der Waals surface area contributed by atoms with Crippen LogP contribution in [-0.4, -0.2) is 62.5 Å². The summed E-state index contributed by atoms with van der Waals surface area (Å²) in [7, 11) is -4.34. The van der Waals surface area contributed by atoms with Crippen molar-refractivity contribution in [2.45, 2.75) is 86.4 Å². The quantitative estimate of drug-likeness (QED) is 0.375. The maximum atomic E-state index is 12.3. The molecule has 2 atom stereocenters. The van der Waals surface area contributed by atoms with Gasteiger partial charge in [0.25, 0.3) is 0 Å². The molecule has 0 saturated heterocycles. The predicted octanol–water partition coefficient (Wildman–Crippen LogP) is 2.21. The SMILES string of the molecule is C[C@H](NS(=O)(=O)OCC(C)(C)CCOC(=O)C(C)(C)C)[C@H](NC(=O)OC(C)(C)C)C(=O)O. The minimum Gasteiger partial charge on any atom is -0.480 e. The van der Waals surface area contributed by atoms with Gasteiger partial charge >= 0.3 is 28.3 Å². The van der Waals surface area contributed by atoms with E-state index in [0.29, 0.717) is 6.42 Å². The maximum Gasteiger partial charge on any atom is 0.408 e. The fourth-order valence-electron chi connectivity index (χ4n) is 2.11. The van der Waals surface area contributed by atoms with Gasteiger partial charge in [0.2, 0.25) is 0 Å². The number of esters is 1. The van der Waals surface area contributed by atoms with Crippen LogP contribution in [0.3, 0.4) is 0 Å². The first-order chi connectivity index (χ1) is 14.2. The van der Waals surface area contributed by atoms with Crippen molar-refractivity contribution < 1.29 is 41.6 Å². The molecule has 0 saturated carbocycles. The van der Waals surface area contributed by atoms with E-state index in [1.54, 1.807) is 55.4 Å². The summed E-state index contributed by atoms with van der Waals surface area (Å²) < 4.78 is 41.8. The zero-order chi connectivity index (χ0) is 25.5. The van der Waals surface area contributed by atoms with Gasteiger partial charge in [0, 0.05) is 0 Å². The molecule has 0 aliphatic rings. The van der Waals surface area contributed by atoms with E-state index in [2.05, 4.69) is 10.0 Å². The molecule has 11 nitrogen and oxygen atoms in total. The molecule has 1 amide bonds. The lowest BCUT2D eigenvalue weighted by atomic mass is 9.91. The number of carbonyl (C=O) groups excluding carboxylic acids is 2. The average Bonchev–Trinajstić information content (AvgIpc) is 2.54. The van der Waals surface area contributed by atoms with Crippen LogP contribution in [0.25, 0.3) is 0 Å². The lowest BCUT2D eigenvalue weighted by Gasteiger charge is -2.27. The van der Waals surface area contributed by atoms with Gasteiger partial charge in [-0.05, 0) is 60.3 Å². The third-order valence-electron chi connectivity index (χ3n) is 4.00. The number of hydrogen-bond acceptors (Lipinski definition) is 8. The molecule has 0 rings (SSSR count). The van der Waals surface area contributed by atoms with E-state index in [1.807, 2.05) is 0 Å². The monoisotopic (exact) mass is 482 g/mol. The van der Waals surface area contributed by atoms with Crippen LogP contribution in [0.4, 0.5) is 4.79 Å². The highest BCUT2D eigenvalue weighted by Gasteiger charge is 2.33. The first-order valence-electron chi connectivity index (χ1n) is 10.2. The molecule has 188 valence electrons. The second-order valence-electron chi connectivity index (χ2n) is 10.4. The van der Waals surface area contributed by atoms with Gasteiger partial charge in [-0.15, -0.1) is 0 Å². The lowest BCUT2D eigenvalue weighted by Crippen LogP contribution is -2.55. The summed E-state index contributed by atoms with van der Waals surface area (Å²) in [6.45, 7) is 14.6. The average molecular weight is 483 g/mol. The van der Waals surface area contributed by atoms with Crippen molar-refractivity contribution in [1.29, 1.82) is 0 Å². The van der Waals surface area contributed by atoms with Gasteiger partial charge in [-0.25, -0.2) is 9.59 Å². The molecule has 32 heavy (non-hydrogen) atoms. The number of rotatable bonds is 11. The van der Waals surface area contributed by atoms with Crippen molar-refractivity contribution in [3.63, 3.8) is 0 Å². The highest BCUT2D eigenvalue weighted by atomic mass is 32.2. The zero-order valence-electron chi connectivity index (χ0n) is 20.4. The first kappa shape index (κ1) is 30.1. The van der Waals surface area contributed by atoms with E-state index in [0.717, 1.165) is 0 Å². The van der Waals surface area contributed by atoms with E-state index in [1.165, 1.54) is 6.92 Å². The van der Waals surface area contributed by atoms with Crippen molar-refractivity contribution in [3.8, 4) is 0 Å². The Morgan fingerprint density at radius 2 is 1.53 bits per heavy atom. The molecular weight excluding hydrogens is 444 g/mol. The summed E-state index contributed by atoms with van der Waals surface area (Å²) in [5.74, 6) is -1.82. The number of aliphatic carboxylic acids is 1. The third kappa shape index (κ3) is 12.8. The van der Waals surface area contributed by atoms with Crippen molar-refractivity contribution >= 4 is 28.3 Å². The summed E-state index contributed by atoms with van der Waals surface area (Å²) in [5, 5.41) is 11.5. The Hall–Kier alpha value is -1.92. The molecular formula is C20H38N2O9S. The minimum atomic E-state index is -4.34. The molecule has 0 aromatic rings. The largest absolute Gasteiger partial charge is 0.480 e. The third-order valence-corrected chi connectivity index (χ3v) is 5.09. The number of ether oxygens (including phenoxy) is 2. The molecule has 0 unspecified atom stereocenters. The Kier molecular flexibility index (Phi) is 10.6. The van der Waals surface area contributed by atoms with Crippen LogP contribution in [0.5, 0.6) is 0 Å². The molecule has 0 aliphatic carbocycles. The highest BCUT2D eigenvalue weighted by molar-refractivity contribution is 7.84. The van der Waals surface area contributed by atoms with E-state index in [-0.39, 0.29) is 19.2 Å². The molecule has 12 heteroatoms. The van der Waals surface area contributed by atoms with E-state index < -0.39 is 50.9 Å². The van der Waals surface area contributed by atoms with Crippen LogP contribution in [0.15, 0.2) is 0 Å². The number of carboxylic acids is 1. The van der Waals surface area contributed by atoms with Crippen molar-refractivity contribution in [2.75, 3.05) is 13.2 Å². The standard InChI is InChI=1S/C20H38N2O9S/c1-13(14(15(23)24)21-17(26)31-19(5,6)7)22-32(27,28)30-12-20(8,9)10-11-29-16(25)18(2,3)4/h13-14,22H,10-12H2,1-9H3,(H,21,26)(H,23,24)/t13-,14-/m0/s1. The van der Waals surface area contributed by atoms with Gasteiger partial charge in [0.1, 0.15) is 11.6 Å². The Morgan fingerprint density at radius 3 is 1.97 bits per heavy atom. The fraction of sp³-hybridized carbons (Fsp3) is 0.850. The van der Waals surface area contributed by atoms with Gasteiger partial charge in [-0.3, -0.25) is 8.98 Å². The van der Waals surface area contributed by atoms with Crippen LogP contribution in [0, 0.1) is 10.8 Å². The topological polar surface area (TPSA) is 157 Å². The van der Waals surface area contributed by atoms with Crippen molar-refractivity contribution in [1.82, 2.24) is 10.0 Å². The number of amides is 1. The molecule has 0 aromatic heterocycles. The fourth-order valence-corrected chi connectivity index (χ4v) is 3.24. The van der Waals surface area contributed by atoms with E-state index in [9.17, 15) is 27.9 Å².